The molecule has 0 saturated carbocycles. The summed E-state index contributed by atoms with van der Waals surface area (Å²) >= 11 is 0. The van der Waals surface area contributed by atoms with E-state index in [1.54, 1.807) is 7.05 Å². The normalized spacial score (nSPS) is 16.4. The first-order valence-corrected chi connectivity index (χ1v) is 9.90. The van der Waals surface area contributed by atoms with Crippen molar-refractivity contribution in [2.24, 2.45) is 4.99 Å². The number of aliphatic imine (C=N–C) groups is 1. The van der Waals surface area contributed by atoms with Crippen LogP contribution in [-0.4, -0.2) is 43.0 Å². The Hall–Kier alpha value is -2.68. The van der Waals surface area contributed by atoms with Crippen molar-refractivity contribution in [3.63, 3.8) is 0 Å². The summed E-state index contributed by atoms with van der Waals surface area (Å²) in [6.45, 7) is 1.37. The van der Waals surface area contributed by atoms with Crippen LogP contribution in [0, 0.1) is 0 Å². The van der Waals surface area contributed by atoms with Gasteiger partial charge in [-0.25, -0.2) is 0 Å². The summed E-state index contributed by atoms with van der Waals surface area (Å²) in [5.74, 6) is 0.844. The van der Waals surface area contributed by atoms with Gasteiger partial charge in [0.1, 0.15) is 0 Å². The highest BCUT2D eigenvalue weighted by molar-refractivity contribution is 14.0. The molecular weight excluding hydrogens is 489 g/mol. The van der Waals surface area contributed by atoms with Gasteiger partial charge >= 0.3 is 0 Å². The fourth-order valence-electron chi connectivity index (χ4n) is 3.73. The quantitative estimate of drug-likeness (QED) is 0.311. The van der Waals surface area contributed by atoms with Crippen LogP contribution in [0.15, 0.2) is 71.9 Å². The Morgan fingerprint density at radius 1 is 1.13 bits per heavy atom. The van der Waals surface area contributed by atoms with Crippen molar-refractivity contribution in [1.29, 1.82) is 0 Å². The molecule has 2 aromatic carbocycles. The number of nitrogens with zero attached hydrogens (tertiary/aromatic N) is 3. The average Bonchev–Trinajstić information content (AvgIpc) is 3.13. The van der Waals surface area contributed by atoms with Gasteiger partial charge in [0.25, 0.3) is 0 Å². The van der Waals surface area contributed by atoms with E-state index in [-0.39, 0.29) is 35.9 Å². The third-order valence-electron chi connectivity index (χ3n) is 5.16. The van der Waals surface area contributed by atoms with E-state index in [4.69, 9.17) is 0 Å². The van der Waals surface area contributed by atoms with Crippen LogP contribution in [-0.2, 0) is 11.2 Å². The second kappa shape index (κ2) is 10.4. The minimum atomic E-state index is 0. The third-order valence-corrected chi connectivity index (χ3v) is 5.16. The van der Waals surface area contributed by atoms with Crippen LogP contribution in [0.2, 0.25) is 0 Å². The van der Waals surface area contributed by atoms with E-state index in [0.717, 1.165) is 29.6 Å². The van der Waals surface area contributed by atoms with Crippen molar-refractivity contribution in [2.45, 2.75) is 18.9 Å². The lowest BCUT2D eigenvalue weighted by Crippen LogP contribution is -2.45. The zero-order valence-electron chi connectivity index (χ0n) is 16.9. The Balaban J connectivity index is 0.00000256. The molecule has 4 rings (SSSR count). The Kier molecular flexibility index (Phi) is 7.62. The fraction of sp³-hybridized carbons (Fsp3) is 0.261. The van der Waals surface area contributed by atoms with Crippen molar-refractivity contribution < 1.29 is 4.79 Å². The van der Waals surface area contributed by atoms with Crippen LogP contribution < -0.4 is 15.5 Å². The number of halogens is 1. The number of fused-ring (bicyclic) bond motifs is 1. The van der Waals surface area contributed by atoms with Gasteiger partial charge in [-0.15, -0.1) is 24.0 Å². The molecule has 1 atom stereocenters. The van der Waals surface area contributed by atoms with E-state index in [1.807, 2.05) is 47.5 Å². The van der Waals surface area contributed by atoms with E-state index in [9.17, 15) is 4.79 Å². The topological polar surface area (TPSA) is 69.6 Å². The van der Waals surface area contributed by atoms with Crippen molar-refractivity contribution in [3.05, 3.63) is 72.4 Å². The number of hydrogen-bond acceptors (Lipinski definition) is 3. The van der Waals surface area contributed by atoms with Gasteiger partial charge < -0.3 is 15.5 Å². The monoisotopic (exact) mass is 515 g/mol. The number of guanidine groups is 1. The highest BCUT2D eigenvalue weighted by Crippen LogP contribution is 2.21. The number of rotatable bonds is 5. The Morgan fingerprint density at radius 2 is 1.93 bits per heavy atom. The Morgan fingerprint density at radius 3 is 2.73 bits per heavy atom. The summed E-state index contributed by atoms with van der Waals surface area (Å²) in [7, 11) is 1.75. The van der Waals surface area contributed by atoms with E-state index in [0.29, 0.717) is 18.9 Å². The minimum Gasteiger partial charge on any atom is -0.356 e. The molecule has 0 bridgehead atoms. The first-order valence-electron chi connectivity index (χ1n) is 9.90. The van der Waals surface area contributed by atoms with Crippen molar-refractivity contribution >= 4 is 52.4 Å². The molecule has 7 heteroatoms. The molecule has 0 spiro atoms. The van der Waals surface area contributed by atoms with Crippen LogP contribution >= 0.6 is 24.0 Å². The van der Waals surface area contributed by atoms with Crippen LogP contribution in [0.4, 0.5) is 5.69 Å². The molecular formula is C23H26IN5O. The maximum atomic E-state index is 12.4. The van der Waals surface area contributed by atoms with Crippen molar-refractivity contribution in [2.75, 3.05) is 25.0 Å². The highest BCUT2D eigenvalue weighted by atomic mass is 127. The number of anilines is 1. The van der Waals surface area contributed by atoms with E-state index >= 15 is 0 Å². The predicted molar refractivity (Wildman–Crippen MR) is 133 cm³/mol. The largest absolute Gasteiger partial charge is 0.356 e. The van der Waals surface area contributed by atoms with Crippen LogP contribution in [0.3, 0.4) is 0 Å². The summed E-state index contributed by atoms with van der Waals surface area (Å²) in [6, 6.07) is 20.1. The molecule has 1 aliphatic heterocycles. The number of carbonyl (C=O) groups is 1. The van der Waals surface area contributed by atoms with Gasteiger partial charge in [0, 0.05) is 43.8 Å². The number of para-hydroxylation sites is 2. The van der Waals surface area contributed by atoms with E-state index < -0.39 is 0 Å². The van der Waals surface area contributed by atoms with Crippen molar-refractivity contribution in [1.82, 2.24) is 15.6 Å². The standard InChI is InChI=1S/C23H25N5O.HI/c1-24-23(26-14-12-18-8-5-7-17-9-6-13-25-22(17)18)27-19-15-21(29)28(16-19)20-10-3-2-4-11-20;/h2-11,13,19H,12,14-16H2,1H3,(H2,24,26,27);1H. The lowest BCUT2D eigenvalue weighted by Gasteiger charge is -2.19. The Bertz CT molecular complexity index is 1020. The van der Waals surface area contributed by atoms with Gasteiger partial charge in [0.2, 0.25) is 5.91 Å². The summed E-state index contributed by atoms with van der Waals surface area (Å²) in [4.78, 5) is 23.1. The molecule has 30 heavy (non-hydrogen) atoms. The Labute approximate surface area is 193 Å². The minimum absolute atomic E-state index is 0. The van der Waals surface area contributed by atoms with E-state index in [2.05, 4.69) is 44.9 Å². The van der Waals surface area contributed by atoms with Crippen LogP contribution in [0.25, 0.3) is 10.9 Å². The molecule has 6 nitrogen and oxygen atoms in total. The molecule has 2 heterocycles. The number of aromatic nitrogens is 1. The fourth-order valence-corrected chi connectivity index (χ4v) is 3.73. The van der Waals surface area contributed by atoms with Gasteiger partial charge in [-0.05, 0) is 30.2 Å². The molecule has 156 valence electrons. The summed E-state index contributed by atoms with van der Waals surface area (Å²) in [6.07, 6.45) is 3.13. The van der Waals surface area contributed by atoms with Gasteiger partial charge in [-0.2, -0.15) is 0 Å². The number of nitrogens with one attached hydrogen (secondary N) is 2. The number of amides is 1. The second-order valence-electron chi connectivity index (χ2n) is 7.13. The van der Waals surface area contributed by atoms with E-state index in [1.165, 1.54) is 5.56 Å². The third kappa shape index (κ3) is 5.08. The maximum absolute atomic E-state index is 12.4. The number of carbonyl (C=O) groups excluding carboxylic acids is 1. The lowest BCUT2D eigenvalue weighted by atomic mass is 10.1. The van der Waals surface area contributed by atoms with Gasteiger partial charge in [-0.3, -0.25) is 14.8 Å². The maximum Gasteiger partial charge on any atom is 0.229 e. The predicted octanol–water partition coefficient (Wildman–Crippen LogP) is 3.37. The average molecular weight is 515 g/mol. The number of benzene rings is 2. The SMILES string of the molecule is CN=C(NCCc1cccc2cccnc12)NC1CC(=O)N(c2ccccc2)C1.I. The molecule has 1 amide bonds. The number of hydrogen-bond donors (Lipinski definition) is 2. The first kappa shape index (κ1) is 22.0. The summed E-state index contributed by atoms with van der Waals surface area (Å²) in [5, 5.41) is 7.89. The molecule has 3 aromatic rings. The molecule has 1 fully saturated rings. The van der Waals surface area contributed by atoms with Gasteiger partial charge in [0.05, 0.1) is 11.6 Å². The van der Waals surface area contributed by atoms with Crippen LogP contribution in [0.5, 0.6) is 0 Å². The molecule has 1 saturated heterocycles. The molecule has 0 radical (unpaired) electrons. The summed E-state index contributed by atoms with van der Waals surface area (Å²) in [5.41, 5.74) is 3.19. The second-order valence-corrected chi connectivity index (χ2v) is 7.13. The van der Waals surface area contributed by atoms with Gasteiger partial charge in [-0.1, -0.05) is 42.5 Å². The smallest absolute Gasteiger partial charge is 0.229 e. The molecule has 1 aliphatic rings. The van der Waals surface area contributed by atoms with Gasteiger partial charge in [0.15, 0.2) is 5.96 Å². The van der Waals surface area contributed by atoms with Crippen LogP contribution in [0.1, 0.15) is 12.0 Å². The zero-order valence-corrected chi connectivity index (χ0v) is 19.2. The molecule has 1 unspecified atom stereocenters. The molecule has 0 aliphatic carbocycles. The highest BCUT2D eigenvalue weighted by Gasteiger charge is 2.30. The molecule has 1 aromatic heterocycles. The lowest BCUT2D eigenvalue weighted by molar-refractivity contribution is -0.117. The van der Waals surface area contributed by atoms with Crippen molar-refractivity contribution in [3.8, 4) is 0 Å². The summed E-state index contributed by atoms with van der Waals surface area (Å²) < 4.78 is 0. The number of pyridine rings is 1. The first-order chi connectivity index (χ1) is 14.2. The zero-order chi connectivity index (χ0) is 20.1. The molecule has 2 N–H and O–H groups in total.